The van der Waals surface area contributed by atoms with Crippen LogP contribution in [0.1, 0.15) is 12.5 Å². The maximum absolute atomic E-state index is 12.6. The Bertz CT molecular complexity index is 871. The molecule has 0 aliphatic heterocycles. The standard InChI is InChI=1S/C21H26ClN3O4/c1-13-10-18(19(29-5)11-17(13)22)24-21(27)14(2)25(3)12-20(26)23-15-6-8-16(28-4)9-7-15/h6-11,14H,12H2,1-5H3,(H,23,26)(H,24,27). The third kappa shape index (κ3) is 6.10. The van der Waals surface area contributed by atoms with Crippen molar-refractivity contribution in [2.24, 2.45) is 0 Å². The normalized spacial score (nSPS) is 11.7. The Morgan fingerprint density at radius 1 is 1.10 bits per heavy atom. The summed E-state index contributed by atoms with van der Waals surface area (Å²) in [4.78, 5) is 26.6. The maximum Gasteiger partial charge on any atom is 0.241 e. The third-order valence-corrected chi connectivity index (χ3v) is 4.95. The SMILES string of the molecule is COc1ccc(NC(=O)CN(C)C(C)C(=O)Nc2cc(C)c(Cl)cc2OC)cc1. The lowest BCUT2D eigenvalue weighted by molar-refractivity contribution is -0.122. The lowest BCUT2D eigenvalue weighted by Gasteiger charge is -2.24. The van der Waals surface area contributed by atoms with E-state index in [0.29, 0.717) is 27.9 Å². The van der Waals surface area contributed by atoms with Gasteiger partial charge in [0.15, 0.2) is 0 Å². The van der Waals surface area contributed by atoms with Crippen molar-refractivity contribution < 1.29 is 19.1 Å². The minimum absolute atomic E-state index is 0.0530. The number of ether oxygens (including phenoxy) is 2. The highest BCUT2D eigenvalue weighted by molar-refractivity contribution is 6.31. The summed E-state index contributed by atoms with van der Waals surface area (Å²) in [7, 11) is 4.80. The molecule has 2 N–H and O–H groups in total. The second-order valence-corrected chi connectivity index (χ2v) is 7.07. The first-order valence-corrected chi connectivity index (χ1v) is 9.42. The van der Waals surface area contributed by atoms with Gasteiger partial charge >= 0.3 is 0 Å². The molecule has 2 rings (SSSR count). The van der Waals surface area contributed by atoms with E-state index in [-0.39, 0.29) is 18.4 Å². The summed E-state index contributed by atoms with van der Waals surface area (Å²) in [6.07, 6.45) is 0. The number of nitrogens with one attached hydrogen (secondary N) is 2. The first-order valence-electron chi connectivity index (χ1n) is 9.04. The second-order valence-electron chi connectivity index (χ2n) is 6.66. The number of carbonyl (C=O) groups excluding carboxylic acids is 2. The van der Waals surface area contributed by atoms with Gasteiger partial charge in [-0.15, -0.1) is 0 Å². The van der Waals surface area contributed by atoms with Gasteiger partial charge in [0.2, 0.25) is 11.8 Å². The first-order chi connectivity index (χ1) is 13.7. The van der Waals surface area contributed by atoms with Gasteiger partial charge in [0.05, 0.1) is 32.5 Å². The molecular weight excluding hydrogens is 394 g/mol. The summed E-state index contributed by atoms with van der Waals surface area (Å²) in [5.74, 6) is 0.696. The van der Waals surface area contributed by atoms with Crippen LogP contribution >= 0.6 is 11.6 Å². The van der Waals surface area contributed by atoms with Crippen molar-refractivity contribution in [1.82, 2.24) is 4.90 Å². The first kappa shape index (κ1) is 22.5. The van der Waals surface area contributed by atoms with Gasteiger partial charge in [-0.3, -0.25) is 14.5 Å². The van der Waals surface area contributed by atoms with Crippen molar-refractivity contribution >= 4 is 34.8 Å². The van der Waals surface area contributed by atoms with E-state index < -0.39 is 6.04 Å². The highest BCUT2D eigenvalue weighted by Crippen LogP contribution is 2.31. The Balaban J connectivity index is 1.96. The third-order valence-electron chi connectivity index (χ3n) is 4.55. The Labute approximate surface area is 175 Å². The zero-order valence-electron chi connectivity index (χ0n) is 17.2. The van der Waals surface area contributed by atoms with E-state index in [2.05, 4.69) is 10.6 Å². The van der Waals surface area contributed by atoms with E-state index in [1.165, 1.54) is 7.11 Å². The number of anilines is 2. The van der Waals surface area contributed by atoms with Crippen LogP contribution in [0, 0.1) is 6.92 Å². The Kier molecular flexibility index (Phi) is 7.87. The van der Waals surface area contributed by atoms with Crippen LogP contribution < -0.4 is 20.1 Å². The van der Waals surface area contributed by atoms with Gasteiger partial charge in [0.1, 0.15) is 11.5 Å². The molecule has 0 aromatic heterocycles. The number of benzene rings is 2. The molecule has 7 nitrogen and oxygen atoms in total. The van der Waals surface area contributed by atoms with Crippen molar-refractivity contribution in [3.63, 3.8) is 0 Å². The number of rotatable bonds is 8. The van der Waals surface area contributed by atoms with Crippen LogP contribution in [-0.2, 0) is 9.59 Å². The average Bonchev–Trinajstić information content (AvgIpc) is 2.70. The number of methoxy groups -OCH3 is 2. The van der Waals surface area contributed by atoms with E-state index in [0.717, 1.165) is 5.56 Å². The molecule has 8 heteroatoms. The number of hydrogen-bond acceptors (Lipinski definition) is 5. The van der Waals surface area contributed by atoms with Gasteiger partial charge in [-0.1, -0.05) is 11.6 Å². The molecule has 0 heterocycles. The predicted octanol–water partition coefficient (Wildman–Crippen LogP) is 3.56. The van der Waals surface area contributed by atoms with Crippen molar-refractivity contribution in [3.8, 4) is 11.5 Å². The predicted molar refractivity (Wildman–Crippen MR) is 115 cm³/mol. The van der Waals surface area contributed by atoms with Gasteiger partial charge in [0.25, 0.3) is 0 Å². The van der Waals surface area contributed by atoms with Crippen LogP contribution in [0.4, 0.5) is 11.4 Å². The fourth-order valence-corrected chi connectivity index (χ4v) is 2.76. The molecule has 1 atom stereocenters. The summed E-state index contributed by atoms with van der Waals surface area (Å²) in [5.41, 5.74) is 2.01. The number of likely N-dealkylation sites (N-methyl/N-ethyl adjacent to an activating group) is 1. The molecule has 0 fully saturated rings. The smallest absolute Gasteiger partial charge is 0.241 e. The van der Waals surface area contributed by atoms with Gasteiger partial charge in [0, 0.05) is 16.8 Å². The molecule has 2 amide bonds. The Morgan fingerprint density at radius 3 is 2.34 bits per heavy atom. The molecule has 0 saturated heterocycles. The summed E-state index contributed by atoms with van der Waals surface area (Å²) in [6, 6.07) is 9.89. The number of aryl methyl sites for hydroxylation is 1. The van der Waals surface area contributed by atoms with Gasteiger partial charge in [-0.2, -0.15) is 0 Å². The van der Waals surface area contributed by atoms with Crippen LogP contribution in [0.25, 0.3) is 0 Å². The van der Waals surface area contributed by atoms with Crippen molar-refractivity contribution in [2.75, 3.05) is 38.4 Å². The van der Waals surface area contributed by atoms with Crippen LogP contribution in [-0.4, -0.2) is 50.6 Å². The molecular formula is C21H26ClN3O4. The van der Waals surface area contributed by atoms with E-state index in [1.807, 2.05) is 6.92 Å². The highest BCUT2D eigenvalue weighted by atomic mass is 35.5. The van der Waals surface area contributed by atoms with Crippen molar-refractivity contribution in [2.45, 2.75) is 19.9 Å². The number of hydrogen-bond donors (Lipinski definition) is 2. The molecule has 1 unspecified atom stereocenters. The van der Waals surface area contributed by atoms with Crippen LogP contribution in [0.5, 0.6) is 11.5 Å². The molecule has 29 heavy (non-hydrogen) atoms. The molecule has 0 spiro atoms. The van der Waals surface area contributed by atoms with E-state index in [9.17, 15) is 9.59 Å². The highest BCUT2D eigenvalue weighted by Gasteiger charge is 2.21. The second kappa shape index (κ2) is 10.1. The summed E-state index contributed by atoms with van der Waals surface area (Å²) in [6.45, 7) is 3.62. The van der Waals surface area contributed by atoms with Gasteiger partial charge < -0.3 is 20.1 Å². The number of carbonyl (C=O) groups is 2. The molecule has 0 radical (unpaired) electrons. The zero-order valence-corrected chi connectivity index (χ0v) is 18.0. The number of halogens is 1. The minimum Gasteiger partial charge on any atom is -0.497 e. The number of amides is 2. The van der Waals surface area contributed by atoms with E-state index >= 15 is 0 Å². The molecule has 0 bridgehead atoms. The summed E-state index contributed by atoms with van der Waals surface area (Å²) < 4.78 is 10.4. The van der Waals surface area contributed by atoms with E-state index in [4.69, 9.17) is 21.1 Å². The summed E-state index contributed by atoms with van der Waals surface area (Å²) in [5, 5.41) is 6.19. The minimum atomic E-state index is -0.544. The zero-order chi connectivity index (χ0) is 21.6. The number of nitrogens with zero attached hydrogens (tertiary/aromatic N) is 1. The molecule has 0 aliphatic rings. The lowest BCUT2D eigenvalue weighted by atomic mass is 10.2. The Morgan fingerprint density at radius 2 is 1.76 bits per heavy atom. The Hall–Kier alpha value is -2.77. The van der Waals surface area contributed by atoms with Crippen molar-refractivity contribution in [1.29, 1.82) is 0 Å². The topological polar surface area (TPSA) is 79.9 Å². The lowest BCUT2D eigenvalue weighted by Crippen LogP contribution is -2.43. The maximum atomic E-state index is 12.6. The van der Waals surface area contributed by atoms with Crippen LogP contribution in [0.2, 0.25) is 5.02 Å². The van der Waals surface area contributed by atoms with Crippen molar-refractivity contribution in [3.05, 3.63) is 47.0 Å². The molecule has 2 aromatic rings. The molecule has 2 aromatic carbocycles. The fourth-order valence-electron chi connectivity index (χ4n) is 2.61. The van der Waals surface area contributed by atoms with Gasteiger partial charge in [-0.25, -0.2) is 0 Å². The average molecular weight is 420 g/mol. The largest absolute Gasteiger partial charge is 0.497 e. The fraction of sp³-hybridized carbons (Fsp3) is 0.333. The van der Waals surface area contributed by atoms with E-state index in [1.54, 1.807) is 62.4 Å². The summed E-state index contributed by atoms with van der Waals surface area (Å²) >= 11 is 6.10. The molecule has 0 saturated carbocycles. The van der Waals surface area contributed by atoms with Crippen LogP contribution in [0.3, 0.4) is 0 Å². The van der Waals surface area contributed by atoms with Crippen LogP contribution in [0.15, 0.2) is 36.4 Å². The molecule has 0 aliphatic carbocycles. The quantitative estimate of drug-likeness (QED) is 0.683. The molecule has 156 valence electrons. The van der Waals surface area contributed by atoms with Gasteiger partial charge in [-0.05, 0) is 56.8 Å². The monoisotopic (exact) mass is 419 g/mol.